The molecule has 0 saturated carbocycles. The second-order valence-electron chi connectivity index (χ2n) is 8.67. The SMILES string of the molecule is CCC(NC(=O)c1cccc(NS(=O)(=O)c2ccc(C)cc2)c1)c1ccc2c(c1)CCCC2. The molecule has 1 aliphatic rings. The van der Waals surface area contributed by atoms with Gasteiger partial charge in [0.05, 0.1) is 10.9 Å². The van der Waals surface area contributed by atoms with Crippen LogP contribution in [0, 0.1) is 6.92 Å². The van der Waals surface area contributed by atoms with Crippen molar-refractivity contribution in [2.24, 2.45) is 0 Å². The second kappa shape index (κ2) is 9.79. The first kappa shape index (κ1) is 23.1. The van der Waals surface area contributed by atoms with Crippen LogP contribution in [0.15, 0.2) is 71.6 Å². The lowest BCUT2D eigenvalue weighted by molar-refractivity contribution is 0.0935. The number of carbonyl (C=O) groups excluding carboxylic acids is 1. The number of benzene rings is 3. The molecule has 5 nitrogen and oxygen atoms in total. The van der Waals surface area contributed by atoms with Gasteiger partial charge >= 0.3 is 0 Å². The monoisotopic (exact) mass is 462 g/mol. The van der Waals surface area contributed by atoms with E-state index in [0.29, 0.717) is 11.3 Å². The zero-order valence-corrected chi connectivity index (χ0v) is 19.9. The summed E-state index contributed by atoms with van der Waals surface area (Å²) in [6, 6.07) is 19.7. The molecule has 33 heavy (non-hydrogen) atoms. The minimum absolute atomic E-state index is 0.0994. The third-order valence-corrected chi connectivity index (χ3v) is 7.59. The lowest BCUT2D eigenvalue weighted by Gasteiger charge is -2.22. The number of amides is 1. The van der Waals surface area contributed by atoms with Crippen LogP contribution in [-0.2, 0) is 22.9 Å². The van der Waals surface area contributed by atoms with E-state index in [-0.39, 0.29) is 16.8 Å². The van der Waals surface area contributed by atoms with Gasteiger partial charge in [0, 0.05) is 11.3 Å². The summed E-state index contributed by atoms with van der Waals surface area (Å²) < 4.78 is 28.0. The third-order valence-electron chi connectivity index (χ3n) is 6.20. The van der Waals surface area contributed by atoms with E-state index in [1.807, 2.05) is 6.92 Å². The number of nitrogens with one attached hydrogen (secondary N) is 2. The number of anilines is 1. The van der Waals surface area contributed by atoms with E-state index in [9.17, 15) is 13.2 Å². The van der Waals surface area contributed by atoms with Crippen LogP contribution in [0.5, 0.6) is 0 Å². The maximum absolute atomic E-state index is 13.0. The highest BCUT2D eigenvalue weighted by Crippen LogP contribution is 2.26. The summed E-state index contributed by atoms with van der Waals surface area (Å²) in [6.45, 7) is 3.95. The molecule has 0 heterocycles. The molecule has 0 spiro atoms. The van der Waals surface area contributed by atoms with E-state index >= 15 is 0 Å². The molecule has 172 valence electrons. The van der Waals surface area contributed by atoms with Crippen LogP contribution in [0.25, 0.3) is 0 Å². The van der Waals surface area contributed by atoms with Crippen LogP contribution in [0.1, 0.15) is 64.8 Å². The lowest BCUT2D eigenvalue weighted by atomic mass is 9.88. The molecule has 2 N–H and O–H groups in total. The van der Waals surface area contributed by atoms with Gasteiger partial charge in [-0.1, -0.05) is 48.9 Å². The van der Waals surface area contributed by atoms with Crippen LogP contribution >= 0.6 is 0 Å². The fourth-order valence-electron chi connectivity index (χ4n) is 4.29. The summed E-state index contributed by atoms with van der Waals surface area (Å²) in [6.07, 6.45) is 5.44. The molecule has 0 bridgehead atoms. The quantitative estimate of drug-likeness (QED) is 0.483. The number of sulfonamides is 1. The first-order valence-electron chi connectivity index (χ1n) is 11.5. The summed E-state index contributed by atoms with van der Waals surface area (Å²) in [7, 11) is -3.73. The fraction of sp³-hybridized carbons (Fsp3) is 0.296. The molecule has 0 radical (unpaired) electrons. The van der Waals surface area contributed by atoms with Crippen molar-refractivity contribution in [1.82, 2.24) is 5.32 Å². The van der Waals surface area contributed by atoms with Crippen molar-refractivity contribution < 1.29 is 13.2 Å². The van der Waals surface area contributed by atoms with Crippen molar-refractivity contribution in [2.45, 2.75) is 56.9 Å². The molecule has 0 aromatic heterocycles. The zero-order chi connectivity index (χ0) is 23.4. The van der Waals surface area contributed by atoms with Gasteiger partial charge in [0.15, 0.2) is 0 Å². The topological polar surface area (TPSA) is 75.3 Å². The maximum Gasteiger partial charge on any atom is 0.261 e. The van der Waals surface area contributed by atoms with Crippen LogP contribution in [-0.4, -0.2) is 14.3 Å². The molecule has 1 atom stereocenters. The highest BCUT2D eigenvalue weighted by atomic mass is 32.2. The molecule has 6 heteroatoms. The maximum atomic E-state index is 13.0. The molecule has 3 aromatic rings. The number of rotatable bonds is 7. The third kappa shape index (κ3) is 5.45. The first-order chi connectivity index (χ1) is 15.9. The van der Waals surface area contributed by atoms with Gasteiger partial charge in [0.1, 0.15) is 0 Å². The van der Waals surface area contributed by atoms with E-state index in [2.05, 4.69) is 35.2 Å². The average Bonchev–Trinajstić information content (AvgIpc) is 2.82. The zero-order valence-electron chi connectivity index (χ0n) is 19.1. The molecule has 1 unspecified atom stereocenters. The Morgan fingerprint density at radius 3 is 2.39 bits per heavy atom. The Morgan fingerprint density at radius 2 is 1.67 bits per heavy atom. The van der Waals surface area contributed by atoms with Gasteiger partial charge in [-0.2, -0.15) is 0 Å². The van der Waals surface area contributed by atoms with Crippen molar-refractivity contribution >= 4 is 21.6 Å². The molecule has 0 fully saturated rings. The normalized spacial score (nSPS) is 14.2. The Balaban J connectivity index is 1.49. The Kier molecular flexibility index (Phi) is 6.84. The van der Waals surface area contributed by atoms with Crippen molar-refractivity contribution in [2.75, 3.05) is 4.72 Å². The lowest BCUT2D eigenvalue weighted by Crippen LogP contribution is -2.28. The number of carbonyl (C=O) groups is 1. The highest BCUT2D eigenvalue weighted by Gasteiger charge is 2.18. The predicted octanol–water partition coefficient (Wildman–Crippen LogP) is 5.56. The summed E-state index contributed by atoms with van der Waals surface area (Å²) in [5.74, 6) is -0.226. The number of hydrogen-bond acceptors (Lipinski definition) is 3. The van der Waals surface area contributed by atoms with Crippen molar-refractivity contribution in [3.05, 3.63) is 94.5 Å². The highest BCUT2D eigenvalue weighted by molar-refractivity contribution is 7.92. The molecule has 4 rings (SSSR count). The van der Waals surface area contributed by atoms with Gasteiger partial charge in [0.25, 0.3) is 15.9 Å². The standard InChI is InChI=1S/C27H30N2O3S/c1-3-26(22-14-13-20-7-4-5-8-21(20)17-22)28-27(30)23-9-6-10-24(18-23)29-33(31,32)25-15-11-19(2)12-16-25/h6,9-18,26,29H,3-5,7-8H2,1-2H3,(H,28,30). The largest absolute Gasteiger partial charge is 0.345 e. The van der Waals surface area contributed by atoms with E-state index < -0.39 is 10.0 Å². The van der Waals surface area contributed by atoms with Gasteiger partial charge in [-0.15, -0.1) is 0 Å². The minimum Gasteiger partial charge on any atom is -0.345 e. The van der Waals surface area contributed by atoms with E-state index in [0.717, 1.165) is 30.4 Å². The van der Waals surface area contributed by atoms with E-state index in [1.54, 1.807) is 48.5 Å². The van der Waals surface area contributed by atoms with Crippen molar-refractivity contribution in [3.8, 4) is 0 Å². The van der Waals surface area contributed by atoms with Gasteiger partial charge in [-0.3, -0.25) is 9.52 Å². The predicted molar refractivity (Wildman–Crippen MR) is 132 cm³/mol. The fourth-order valence-corrected chi connectivity index (χ4v) is 5.34. The summed E-state index contributed by atoms with van der Waals surface area (Å²) >= 11 is 0. The molecular formula is C27H30N2O3S. The Bertz CT molecular complexity index is 1250. The van der Waals surface area contributed by atoms with Crippen molar-refractivity contribution in [1.29, 1.82) is 0 Å². The van der Waals surface area contributed by atoms with Gasteiger partial charge in [-0.05, 0) is 86.1 Å². The smallest absolute Gasteiger partial charge is 0.261 e. The average molecular weight is 463 g/mol. The molecule has 1 aliphatic carbocycles. The number of hydrogen-bond donors (Lipinski definition) is 2. The van der Waals surface area contributed by atoms with Gasteiger partial charge in [-0.25, -0.2) is 8.42 Å². The molecule has 1 amide bonds. The number of fused-ring (bicyclic) bond motifs is 1. The summed E-state index contributed by atoms with van der Waals surface area (Å²) in [5.41, 5.74) is 5.67. The van der Waals surface area contributed by atoms with Gasteiger partial charge in [0.2, 0.25) is 0 Å². The Hall–Kier alpha value is -3.12. The van der Waals surface area contributed by atoms with Crippen LogP contribution < -0.4 is 10.0 Å². The summed E-state index contributed by atoms with van der Waals surface area (Å²) in [4.78, 5) is 13.2. The molecular weight excluding hydrogens is 432 g/mol. The van der Waals surface area contributed by atoms with E-state index in [1.165, 1.54) is 24.0 Å². The van der Waals surface area contributed by atoms with Crippen LogP contribution in [0.4, 0.5) is 5.69 Å². The number of aryl methyl sites for hydroxylation is 3. The Morgan fingerprint density at radius 1 is 0.939 bits per heavy atom. The molecule has 0 saturated heterocycles. The Labute approximate surface area is 196 Å². The van der Waals surface area contributed by atoms with Crippen molar-refractivity contribution in [3.63, 3.8) is 0 Å². The van der Waals surface area contributed by atoms with Crippen LogP contribution in [0.3, 0.4) is 0 Å². The van der Waals surface area contributed by atoms with Gasteiger partial charge < -0.3 is 5.32 Å². The summed E-state index contributed by atoms with van der Waals surface area (Å²) in [5, 5.41) is 3.12. The van der Waals surface area contributed by atoms with E-state index in [4.69, 9.17) is 0 Å². The molecule has 0 aliphatic heterocycles. The first-order valence-corrected chi connectivity index (χ1v) is 13.0. The second-order valence-corrected chi connectivity index (χ2v) is 10.4. The molecule has 3 aromatic carbocycles. The van der Waals surface area contributed by atoms with Crippen LogP contribution in [0.2, 0.25) is 0 Å². The minimum atomic E-state index is -3.73.